The van der Waals surface area contributed by atoms with Crippen molar-refractivity contribution in [2.75, 3.05) is 0 Å². The zero-order valence-electron chi connectivity index (χ0n) is 8.81. The van der Waals surface area contributed by atoms with Crippen LogP contribution in [0, 0.1) is 0 Å². The van der Waals surface area contributed by atoms with Gasteiger partial charge in [-0.15, -0.1) is 0 Å². The maximum Gasteiger partial charge on any atom is 0.303 e. The molecule has 2 rings (SSSR count). The minimum Gasteiger partial charge on any atom is -0.481 e. The molecule has 15 heavy (non-hydrogen) atoms. The van der Waals surface area contributed by atoms with Crippen molar-refractivity contribution in [3.63, 3.8) is 0 Å². The molecule has 0 fully saturated rings. The Hall–Kier alpha value is -1.39. The van der Waals surface area contributed by atoms with Gasteiger partial charge in [0.25, 0.3) is 0 Å². The third-order valence-corrected chi connectivity index (χ3v) is 2.75. The molecule has 0 aromatic carbocycles. The van der Waals surface area contributed by atoms with Crippen LogP contribution in [0.3, 0.4) is 0 Å². The smallest absolute Gasteiger partial charge is 0.303 e. The summed E-state index contributed by atoms with van der Waals surface area (Å²) in [6.45, 7) is 3.06. The molecule has 5 nitrogen and oxygen atoms in total. The monoisotopic (exact) mass is 209 g/mol. The minimum absolute atomic E-state index is 0.109. The lowest BCUT2D eigenvalue weighted by Crippen LogP contribution is -2.14. The van der Waals surface area contributed by atoms with E-state index in [0.29, 0.717) is 18.2 Å². The fourth-order valence-corrected chi connectivity index (χ4v) is 1.93. The van der Waals surface area contributed by atoms with Crippen LogP contribution in [-0.4, -0.2) is 25.8 Å². The molecule has 0 aliphatic carbocycles. The van der Waals surface area contributed by atoms with Crippen LogP contribution in [-0.2, 0) is 17.8 Å². The topological polar surface area (TPSA) is 68.0 Å². The first-order chi connectivity index (χ1) is 7.16. The van der Waals surface area contributed by atoms with Gasteiger partial charge in [0.2, 0.25) is 0 Å². The second kappa shape index (κ2) is 4.00. The van der Waals surface area contributed by atoms with E-state index in [1.54, 1.807) is 0 Å². The molecule has 1 N–H and O–H groups in total. The Morgan fingerprint density at radius 1 is 1.67 bits per heavy atom. The molecule has 1 aliphatic heterocycles. The number of hydrogen-bond acceptors (Lipinski definition) is 3. The number of fused-ring (bicyclic) bond motifs is 1. The van der Waals surface area contributed by atoms with Crippen LogP contribution in [0.5, 0.6) is 0 Å². The highest BCUT2D eigenvalue weighted by atomic mass is 16.4. The Balaban J connectivity index is 2.11. The Kier molecular flexibility index (Phi) is 2.70. The highest BCUT2D eigenvalue weighted by Crippen LogP contribution is 2.24. The molecule has 0 amide bonds. The van der Waals surface area contributed by atoms with Gasteiger partial charge >= 0.3 is 5.97 Å². The average Bonchev–Trinajstić information content (AvgIpc) is 2.59. The van der Waals surface area contributed by atoms with Crippen molar-refractivity contribution in [2.24, 2.45) is 0 Å². The maximum atomic E-state index is 10.4. The first kappa shape index (κ1) is 10.1. The summed E-state index contributed by atoms with van der Waals surface area (Å²) in [5, 5.41) is 12.9. The van der Waals surface area contributed by atoms with E-state index >= 15 is 0 Å². The fourth-order valence-electron chi connectivity index (χ4n) is 1.93. The molecule has 2 heterocycles. The van der Waals surface area contributed by atoms with Crippen LogP contribution in [0.2, 0.25) is 0 Å². The summed E-state index contributed by atoms with van der Waals surface area (Å²) in [7, 11) is 0. The van der Waals surface area contributed by atoms with E-state index in [-0.39, 0.29) is 6.42 Å². The zero-order chi connectivity index (χ0) is 10.8. The lowest BCUT2D eigenvalue weighted by molar-refractivity contribution is -0.137. The van der Waals surface area contributed by atoms with Crippen LogP contribution in [0.25, 0.3) is 0 Å². The number of carboxylic acids is 1. The van der Waals surface area contributed by atoms with Gasteiger partial charge in [-0.25, -0.2) is 9.67 Å². The standard InChI is InChI=1S/C10H15N3O2/c1-7-3-2-6-13-10(7)11-8(12-13)4-5-9(14)15/h7H,2-6H2,1H3,(H,14,15). The number of carboxylic acid groups (broad SMARTS) is 1. The van der Waals surface area contributed by atoms with E-state index in [0.717, 1.165) is 25.2 Å². The van der Waals surface area contributed by atoms with Crippen molar-refractivity contribution in [3.05, 3.63) is 11.6 Å². The number of aryl methyl sites for hydroxylation is 2. The average molecular weight is 209 g/mol. The number of hydrogen-bond donors (Lipinski definition) is 1. The van der Waals surface area contributed by atoms with E-state index in [2.05, 4.69) is 17.0 Å². The predicted octanol–water partition coefficient (Wildman–Crippen LogP) is 1.19. The molecule has 5 heteroatoms. The van der Waals surface area contributed by atoms with Crippen molar-refractivity contribution >= 4 is 5.97 Å². The van der Waals surface area contributed by atoms with Gasteiger partial charge < -0.3 is 5.11 Å². The van der Waals surface area contributed by atoms with Gasteiger partial charge in [0, 0.05) is 18.9 Å². The number of nitrogens with zero attached hydrogens (tertiary/aromatic N) is 3. The molecule has 1 aromatic rings. The van der Waals surface area contributed by atoms with Gasteiger partial charge in [0.1, 0.15) is 5.82 Å². The molecule has 0 saturated heterocycles. The van der Waals surface area contributed by atoms with Gasteiger partial charge in [0.15, 0.2) is 5.82 Å². The molecule has 0 radical (unpaired) electrons. The lowest BCUT2D eigenvalue weighted by Gasteiger charge is -2.17. The summed E-state index contributed by atoms with van der Waals surface area (Å²) in [6.07, 6.45) is 2.83. The minimum atomic E-state index is -0.796. The van der Waals surface area contributed by atoms with Crippen LogP contribution >= 0.6 is 0 Å². The Bertz CT molecular complexity index is 373. The molecular weight excluding hydrogens is 194 g/mol. The molecule has 82 valence electrons. The lowest BCUT2D eigenvalue weighted by atomic mass is 10.0. The van der Waals surface area contributed by atoms with Crippen molar-refractivity contribution in [2.45, 2.75) is 45.1 Å². The van der Waals surface area contributed by atoms with E-state index in [4.69, 9.17) is 5.11 Å². The molecule has 0 bridgehead atoms. The van der Waals surface area contributed by atoms with Crippen molar-refractivity contribution < 1.29 is 9.90 Å². The Morgan fingerprint density at radius 3 is 3.13 bits per heavy atom. The third kappa shape index (κ3) is 2.16. The first-order valence-electron chi connectivity index (χ1n) is 5.32. The fraction of sp³-hybridized carbons (Fsp3) is 0.700. The van der Waals surface area contributed by atoms with Gasteiger partial charge in [-0.05, 0) is 12.8 Å². The molecule has 0 saturated carbocycles. The first-order valence-corrected chi connectivity index (χ1v) is 5.32. The highest BCUT2D eigenvalue weighted by molar-refractivity contribution is 5.66. The van der Waals surface area contributed by atoms with Crippen LogP contribution in [0.1, 0.15) is 43.8 Å². The summed E-state index contributed by atoms with van der Waals surface area (Å²) in [5.74, 6) is 1.34. The van der Waals surface area contributed by atoms with E-state index in [9.17, 15) is 4.79 Å². The number of carbonyl (C=O) groups is 1. The zero-order valence-corrected chi connectivity index (χ0v) is 8.81. The number of aromatic nitrogens is 3. The molecule has 1 aliphatic rings. The molecule has 1 atom stereocenters. The largest absolute Gasteiger partial charge is 0.481 e. The Labute approximate surface area is 88.1 Å². The van der Waals surface area contributed by atoms with Gasteiger partial charge in [-0.1, -0.05) is 6.92 Å². The summed E-state index contributed by atoms with van der Waals surface area (Å²) in [6, 6.07) is 0. The number of rotatable bonds is 3. The van der Waals surface area contributed by atoms with Gasteiger partial charge in [-0.3, -0.25) is 4.79 Å². The maximum absolute atomic E-state index is 10.4. The Morgan fingerprint density at radius 2 is 2.47 bits per heavy atom. The summed E-state index contributed by atoms with van der Waals surface area (Å²) < 4.78 is 1.92. The van der Waals surface area contributed by atoms with E-state index in [1.807, 2.05) is 4.68 Å². The molecule has 1 aromatic heterocycles. The molecule has 0 spiro atoms. The summed E-state index contributed by atoms with van der Waals surface area (Å²) in [5.41, 5.74) is 0. The van der Waals surface area contributed by atoms with Gasteiger partial charge in [-0.2, -0.15) is 5.10 Å². The molecule has 1 unspecified atom stereocenters. The van der Waals surface area contributed by atoms with Crippen LogP contribution in [0.4, 0.5) is 0 Å². The van der Waals surface area contributed by atoms with Crippen molar-refractivity contribution in [1.82, 2.24) is 14.8 Å². The quantitative estimate of drug-likeness (QED) is 0.812. The summed E-state index contributed by atoms with van der Waals surface area (Å²) >= 11 is 0. The van der Waals surface area contributed by atoms with Crippen molar-refractivity contribution in [3.8, 4) is 0 Å². The highest BCUT2D eigenvalue weighted by Gasteiger charge is 2.20. The number of aliphatic carboxylic acids is 1. The second-order valence-corrected chi connectivity index (χ2v) is 4.05. The normalized spacial score (nSPS) is 19.9. The third-order valence-electron chi connectivity index (χ3n) is 2.75. The summed E-state index contributed by atoms with van der Waals surface area (Å²) in [4.78, 5) is 14.8. The van der Waals surface area contributed by atoms with Gasteiger partial charge in [0.05, 0.1) is 6.42 Å². The molecular formula is C10H15N3O2. The van der Waals surface area contributed by atoms with E-state index in [1.165, 1.54) is 0 Å². The van der Waals surface area contributed by atoms with E-state index < -0.39 is 5.97 Å². The van der Waals surface area contributed by atoms with Crippen LogP contribution in [0.15, 0.2) is 0 Å². The predicted molar refractivity (Wildman–Crippen MR) is 53.6 cm³/mol. The second-order valence-electron chi connectivity index (χ2n) is 4.05. The SMILES string of the molecule is CC1CCCn2nc(CCC(=O)O)nc21. The van der Waals surface area contributed by atoms with Crippen molar-refractivity contribution in [1.29, 1.82) is 0 Å². The van der Waals surface area contributed by atoms with Crippen LogP contribution < -0.4 is 0 Å².